The number of anilines is 1. The van der Waals surface area contributed by atoms with E-state index in [0.29, 0.717) is 18.7 Å². The monoisotopic (exact) mass is 354 g/mol. The summed E-state index contributed by atoms with van der Waals surface area (Å²) in [6, 6.07) is 14.7. The van der Waals surface area contributed by atoms with Crippen LogP contribution < -0.4 is 4.90 Å². The number of rotatable bonds is 3. The third-order valence-electron chi connectivity index (χ3n) is 5.16. The second-order valence-electron chi connectivity index (χ2n) is 8.02. The maximum Gasteiger partial charge on any atom is 0.244 e. The Morgan fingerprint density at radius 1 is 1.04 bits per heavy atom. The van der Waals surface area contributed by atoms with Crippen molar-refractivity contribution < 1.29 is 9.18 Å². The van der Waals surface area contributed by atoms with Crippen LogP contribution in [0, 0.1) is 5.82 Å². The van der Waals surface area contributed by atoms with Crippen molar-refractivity contribution in [1.82, 2.24) is 4.90 Å². The Morgan fingerprint density at radius 3 is 2.31 bits per heavy atom. The second-order valence-corrected chi connectivity index (χ2v) is 8.02. The Bertz CT molecular complexity index is 779. The fourth-order valence-electron chi connectivity index (χ4n) is 3.37. The minimum Gasteiger partial charge on any atom is -0.310 e. The molecule has 1 atom stereocenters. The Labute approximate surface area is 155 Å². The van der Waals surface area contributed by atoms with E-state index in [1.165, 1.54) is 11.6 Å². The molecule has 0 saturated carbocycles. The molecule has 1 fully saturated rings. The minimum atomic E-state index is -0.273. The molecule has 0 radical (unpaired) electrons. The molecule has 0 spiro atoms. The van der Waals surface area contributed by atoms with Gasteiger partial charge in [-0.3, -0.25) is 9.69 Å². The number of carbonyl (C=O) groups is 1. The van der Waals surface area contributed by atoms with Gasteiger partial charge >= 0.3 is 0 Å². The second kappa shape index (κ2) is 7.20. The van der Waals surface area contributed by atoms with Crippen LogP contribution in [0.25, 0.3) is 0 Å². The first-order valence-electron chi connectivity index (χ1n) is 9.17. The third kappa shape index (κ3) is 3.80. The van der Waals surface area contributed by atoms with Crippen molar-refractivity contribution in [3.05, 3.63) is 65.5 Å². The number of hydrogen-bond acceptors (Lipinski definition) is 2. The number of amides is 1. The predicted octanol–water partition coefficient (Wildman–Crippen LogP) is 4.36. The molecule has 3 nitrogen and oxygen atoms in total. The summed E-state index contributed by atoms with van der Waals surface area (Å²) >= 11 is 0. The molecule has 2 aromatic rings. The van der Waals surface area contributed by atoms with Gasteiger partial charge < -0.3 is 4.90 Å². The highest BCUT2D eigenvalue weighted by Gasteiger charge is 2.32. The highest BCUT2D eigenvalue weighted by atomic mass is 19.1. The van der Waals surface area contributed by atoms with Crippen molar-refractivity contribution in [3.8, 4) is 0 Å². The quantitative estimate of drug-likeness (QED) is 0.818. The largest absolute Gasteiger partial charge is 0.310 e. The molecule has 0 N–H and O–H groups in total. The number of piperazine rings is 1. The molecule has 1 aliphatic rings. The molecule has 1 aliphatic heterocycles. The zero-order valence-corrected chi connectivity index (χ0v) is 16.0. The summed E-state index contributed by atoms with van der Waals surface area (Å²) in [5.74, 6) is -0.150. The van der Waals surface area contributed by atoms with Crippen LogP contribution in [0.15, 0.2) is 48.5 Å². The van der Waals surface area contributed by atoms with Crippen LogP contribution in [-0.2, 0) is 16.8 Å². The zero-order chi connectivity index (χ0) is 18.9. The van der Waals surface area contributed by atoms with Gasteiger partial charge in [0.2, 0.25) is 5.91 Å². The number of hydrogen-bond donors (Lipinski definition) is 0. The van der Waals surface area contributed by atoms with Gasteiger partial charge in [0.25, 0.3) is 0 Å². The standard InChI is InChI=1S/C22H27FN2O/c1-16-21(26)25(19-11-9-18(10-12-19)22(2,3)4)14-13-24(16)15-17-7-5-6-8-20(17)23/h5-12,16H,13-15H2,1-4H3/t16-/m1/s1. The minimum absolute atomic E-state index is 0.0658. The normalized spacial score (nSPS) is 19.0. The predicted molar refractivity (Wildman–Crippen MR) is 104 cm³/mol. The van der Waals surface area contributed by atoms with Gasteiger partial charge in [-0.15, -0.1) is 0 Å². The van der Waals surface area contributed by atoms with Crippen LogP contribution in [0.1, 0.15) is 38.8 Å². The molecule has 26 heavy (non-hydrogen) atoms. The highest BCUT2D eigenvalue weighted by molar-refractivity contribution is 5.97. The lowest BCUT2D eigenvalue weighted by Crippen LogP contribution is -2.55. The summed E-state index contributed by atoms with van der Waals surface area (Å²) < 4.78 is 13.9. The lowest BCUT2D eigenvalue weighted by Gasteiger charge is -2.39. The molecule has 138 valence electrons. The molecule has 3 rings (SSSR count). The van der Waals surface area contributed by atoms with Gasteiger partial charge in [0.05, 0.1) is 6.04 Å². The van der Waals surface area contributed by atoms with Gasteiger partial charge in [-0.1, -0.05) is 51.1 Å². The summed E-state index contributed by atoms with van der Waals surface area (Å²) in [5, 5.41) is 0. The molecule has 2 aromatic carbocycles. The summed E-state index contributed by atoms with van der Waals surface area (Å²) in [4.78, 5) is 16.8. The Balaban J connectivity index is 1.72. The van der Waals surface area contributed by atoms with Gasteiger partial charge in [-0.25, -0.2) is 4.39 Å². The van der Waals surface area contributed by atoms with Crippen molar-refractivity contribution in [3.63, 3.8) is 0 Å². The first-order valence-corrected chi connectivity index (χ1v) is 9.17. The average molecular weight is 354 g/mol. The van der Waals surface area contributed by atoms with Gasteiger partial charge in [-0.05, 0) is 36.1 Å². The van der Waals surface area contributed by atoms with Crippen LogP contribution in [0.3, 0.4) is 0 Å². The van der Waals surface area contributed by atoms with E-state index in [1.54, 1.807) is 12.1 Å². The zero-order valence-electron chi connectivity index (χ0n) is 16.0. The SMILES string of the molecule is C[C@@H]1C(=O)N(c2ccc(C(C)(C)C)cc2)CCN1Cc1ccccc1F. The number of benzene rings is 2. The van der Waals surface area contributed by atoms with Crippen LogP contribution in [0.4, 0.5) is 10.1 Å². The maximum atomic E-state index is 13.9. The molecule has 0 bridgehead atoms. The summed E-state index contributed by atoms with van der Waals surface area (Å²) in [6.45, 7) is 10.2. The van der Waals surface area contributed by atoms with Gasteiger partial charge in [0.15, 0.2) is 0 Å². The Hall–Kier alpha value is -2.20. The lowest BCUT2D eigenvalue weighted by atomic mass is 9.87. The Kier molecular flexibility index (Phi) is 5.15. The van der Waals surface area contributed by atoms with E-state index in [9.17, 15) is 9.18 Å². The van der Waals surface area contributed by atoms with Gasteiger partial charge in [-0.2, -0.15) is 0 Å². The van der Waals surface area contributed by atoms with E-state index in [0.717, 1.165) is 12.2 Å². The van der Waals surface area contributed by atoms with E-state index in [2.05, 4.69) is 32.9 Å². The maximum absolute atomic E-state index is 13.9. The van der Waals surface area contributed by atoms with Crippen molar-refractivity contribution in [2.45, 2.75) is 45.7 Å². The number of carbonyl (C=O) groups excluding carboxylic acids is 1. The van der Waals surface area contributed by atoms with Crippen molar-refractivity contribution >= 4 is 11.6 Å². The van der Waals surface area contributed by atoms with Crippen molar-refractivity contribution in [2.24, 2.45) is 0 Å². The molecular formula is C22H27FN2O. The van der Waals surface area contributed by atoms with Crippen LogP contribution >= 0.6 is 0 Å². The van der Waals surface area contributed by atoms with Crippen molar-refractivity contribution in [1.29, 1.82) is 0 Å². The molecule has 0 unspecified atom stereocenters. The van der Waals surface area contributed by atoms with E-state index in [1.807, 2.05) is 34.9 Å². The first kappa shape index (κ1) is 18.6. The number of halogens is 1. The fraction of sp³-hybridized carbons (Fsp3) is 0.409. The molecule has 0 aromatic heterocycles. The van der Waals surface area contributed by atoms with E-state index in [-0.39, 0.29) is 23.2 Å². The summed E-state index contributed by atoms with van der Waals surface area (Å²) in [6.07, 6.45) is 0. The van der Waals surface area contributed by atoms with Gasteiger partial charge in [0, 0.05) is 30.9 Å². The van der Waals surface area contributed by atoms with E-state index < -0.39 is 0 Å². The molecular weight excluding hydrogens is 327 g/mol. The topological polar surface area (TPSA) is 23.6 Å². The Morgan fingerprint density at radius 2 is 1.69 bits per heavy atom. The van der Waals surface area contributed by atoms with E-state index >= 15 is 0 Å². The molecule has 1 amide bonds. The lowest BCUT2D eigenvalue weighted by molar-refractivity contribution is -0.125. The van der Waals surface area contributed by atoms with Gasteiger partial charge in [0.1, 0.15) is 5.82 Å². The highest BCUT2D eigenvalue weighted by Crippen LogP contribution is 2.27. The van der Waals surface area contributed by atoms with Crippen molar-refractivity contribution in [2.75, 3.05) is 18.0 Å². The average Bonchev–Trinajstić information content (AvgIpc) is 2.60. The first-order chi connectivity index (χ1) is 12.3. The summed E-state index contributed by atoms with van der Waals surface area (Å²) in [5.41, 5.74) is 2.91. The smallest absolute Gasteiger partial charge is 0.244 e. The number of nitrogens with zero attached hydrogens (tertiary/aromatic N) is 2. The molecule has 4 heteroatoms. The van der Waals surface area contributed by atoms with Crippen LogP contribution in [0.2, 0.25) is 0 Å². The van der Waals surface area contributed by atoms with E-state index in [4.69, 9.17) is 0 Å². The molecule has 1 saturated heterocycles. The molecule has 0 aliphatic carbocycles. The third-order valence-corrected chi connectivity index (χ3v) is 5.16. The van der Waals surface area contributed by atoms with Crippen LogP contribution in [-0.4, -0.2) is 29.9 Å². The molecule has 1 heterocycles. The van der Waals surface area contributed by atoms with Crippen LogP contribution in [0.5, 0.6) is 0 Å². The summed E-state index contributed by atoms with van der Waals surface area (Å²) in [7, 11) is 0. The fourth-order valence-corrected chi connectivity index (χ4v) is 3.37.